The van der Waals surface area contributed by atoms with Crippen LogP contribution in [-0.2, 0) is 24.1 Å². The molecule has 0 radical (unpaired) electrons. The summed E-state index contributed by atoms with van der Waals surface area (Å²) in [5.41, 5.74) is 3.66. The van der Waals surface area contributed by atoms with Gasteiger partial charge in [-0.3, -0.25) is 9.78 Å². The first-order chi connectivity index (χ1) is 12.3. The Morgan fingerprint density at radius 3 is 2.92 bits per heavy atom. The summed E-state index contributed by atoms with van der Waals surface area (Å²) in [6, 6.07) is 7.70. The molecule has 0 unspecified atom stereocenters. The van der Waals surface area contributed by atoms with Crippen LogP contribution in [0.5, 0.6) is 0 Å². The zero-order chi connectivity index (χ0) is 17.1. The Morgan fingerprint density at radius 1 is 1.20 bits per heavy atom. The monoisotopic (exact) mass is 339 g/mol. The molecule has 5 nitrogen and oxygen atoms in total. The summed E-state index contributed by atoms with van der Waals surface area (Å²) in [5, 5.41) is 0. The largest absolute Gasteiger partial charge is 0.381 e. The molecule has 0 spiro atoms. The van der Waals surface area contributed by atoms with Crippen molar-refractivity contribution in [3.05, 3.63) is 63.8 Å². The van der Waals surface area contributed by atoms with Gasteiger partial charge >= 0.3 is 0 Å². The average molecular weight is 339 g/mol. The molecule has 2 aliphatic heterocycles. The molecule has 25 heavy (non-hydrogen) atoms. The maximum Gasteiger partial charge on any atom is 0.251 e. The molecule has 4 heterocycles. The summed E-state index contributed by atoms with van der Waals surface area (Å²) in [6.45, 7) is 5.60. The second-order valence-electron chi connectivity index (χ2n) is 7.12. The molecule has 0 N–H and O–H groups in total. The quantitative estimate of drug-likeness (QED) is 0.851. The molecule has 0 aliphatic carbocycles. The van der Waals surface area contributed by atoms with E-state index in [-0.39, 0.29) is 5.56 Å². The first kappa shape index (κ1) is 16.5. The van der Waals surface area contributed by atoms with Gasteiger partial charge in [0, 0.05) is 56.8 Å². The van der Waals surface area contributed by atoms with Crippen molar-refractivity contribution in [2.75, 3.05) is 32.8 Å². The van der Waals surface area contributed by atoms with E-state index in [1.807, 2.05) is 29.0 Å². The van der Waals surface area contributed by atoms with Gasteiger partial charge < -0.3 is 14.2 Å². The van der Waals surface area contributed by atoms with Crippen LogP contribution in [0.3, 0.4) is 0 Å². The molecule has 2 aromatic heterocycles. The molecule has 1 atom stereocenters. The van der Waals surface area contributed by atoms with Crippen LogP contribution in [0.4, 0.5) is 0 Å². The molecule has 0 bridgehead atoms. The van der Waals surface area contributed by atoms with Crippen LogP contribution in [0, 0.1) is 5.92 Å². The number of nitrogens with zero attached hydrogens (tertiary/aromatic N) is 3. The highest BCUT2D eigenvalue weighted by atomic mass is 16.5. The molecule has 4 rings (SSSR count). The van der Waals surface area contributed by atoms with Crippen LogP contribution >= 0.6 is 0 Å². The van der Waals surface area contributed by atoms with Crippen LogP contribution < -0.4 is 5.56 Å². The molecule has 1 saturated heterocycles. The Kier molecular flexibility index (Phi) is 4.95. The lowest BCUT2D eigenvalue weighted by atomic mass is 10.1. The number of pyridine rings is 2. The SMILES string of the molecule is O=c1ccc2c(n1Cc1cccnc1)CCN(C[C@@H]1CCOC1)CC2. The van der Waals surface area contributed by atoms with Crippen molar-refractivity contribution in [1.82, 2.24) is 14.5 Å². The number of hydrogen-bond acceptors (Lipinski definition) is 4. The number of rotatable bonds is 4. The van der Waals surface area contributed by atoms with E-state index in [1.54, 1.807) is 12.3 Å². The average Bonchev–Trinajstić information content (AvgIpc) is 3.06. The van der Waals surface area contributed by atoms with E-state index in [9.17, 15) is 4.79 Å². The van der Waals surface area contributed by atoms with Gasteiger partial charge in [0.25, 0.3) is 5.56 Å². The minimum atomic E-state index is 0.0836. The fraction of sp³-hybridized carbons (Fsp3) is 0.500. The summed E-state index contributed by atoms with van der Waals surface area (Å²) in [7, 11) is 0. The maximum absolute atomic E-state index is 12.5. The second-order valence-corrected chi connectivity index (χ2v) is 7.12. The number of ether oxygens (including phenoxy) is 1. The summed E-state index contributed by atoms with van der Waals surface area (Å²) < 4.78 is 7.45. The van der Waals surface area contributed by atoms with Crippen molar-refractivity contribution in [3.63, 3.8) is 0 Å². The maximum atomic E-state index is 12.5. The minimum Gasteiger partial charge on any atom is -0.381 e. The molecular formula is C20H25N3O2. The van der Waals surface area contributed by atoms with Gasteiger partial charge in [-0.15, -0.1) is 0 Å². The molecule has 5 heteroatoms. The fourth-order valence-electron chi connectivity index (χ4n) is 3.96. The van der Waals surface area contributed by atoms with Gasteiger partial charge in [0.15, 0.2) is 0 Å². The first-order valence-electron chi connectivity index (χ1n) is 9.20. The summed E-state index contributed by atoms with van der Waals surface area (Å²) >= 11 is 0. The molecule has 132 valence electrons. The highest BCUT2D eigenvalue weighted by Crippen LogP contribution is 2.19. The van der Waals surface area contributed by atoms with Crippen molar-refractivity contribution in [2.45, 2.75) is 25.8 Å². The number of hydrogen-bond donors (Lipinski definition) is 0. The Labute approximate surface area is 148 Å². The summed E-state index contributed by atoms with van der Waals surface area (Å²) in [4.78, 5) is 19.2. The zero-order valence-corrected chi connectivity index (χ0v) is 14.6. The van der Waals surface area contributed by atoms with Crippen LogP contribution in [-0.4, -0.2) is 47.3 Å². The molecule has 0 amide bonds. The molecular weight excluding hydrogens is 314 g/mol. The lowest BCUT2D eigenvalue weighted by molar-refractivity contribution is 0.168. The van der Waals surface area contributed by atoms with Gasteiger partial charge in [-0.05, 0) is 36.0 Å². The topological polar surface area (TPSA) is 47.4 Å². The van der Waals surface area contributed by atoms with Gasteiger partial charge in [-0.1, -0.05) is 12.1 Å². The van der Waals surface area contributed by atoms with Gasteiger partial charge in [0.1, 0.15) is 0 Å². The zero-order valence-electron chi connectivity index (χ0n) is 14.6. The van der Waals surface area contributed by atoms with E-state index in [0.29, 0.717) is 12.5 Å². The third kappa shape index (κ3) is 3.83. The first-order valence-corrected chi connectivity index (χ1v) is 9.20. The summed E-state index contributed by atoms with van der Waals surface area (Å²) in [6.07, 6.45) is 6.72. The van der Waals surface area contributed by atoms with E-state index in [1.165, 1.54) is 17.7 Å². The number of aromatic nitrogens is 2. The Hall–Kier alpha value is -1.98. The van der Waals surface area contributed by atoms with Crippen LogP contribution in [0.25, 0.3) is 0 Å². The fourth-order valence-corrected chi connectivity index (χ4v) is 3.96. The van der Waals surface area contributed by atoms with Crippen LogP contribution in [0.2, 0.25) is 0 Å². The third-order valence-corrected chi connectivity index (χ3v) is 5.36. The van der Waals surface area contributed by atoms with Gasteiger partial charge in [0.05, 0.1) is 13.2 Å². The van der Waals surface area contributed by atoms with E-state index >= 15 is 0 Å². The third-order valence-electron chi connectivity index (χ3n) is 5.36. The van der Waals surface area contributed by atoms with Gasteiger partial charge in [0.2, 0.25) is 0 Å². The number of fused-ring (bicyclic) bond motifs is 1. The Morgan fingerprint density at radius 2 is 2.12 bits per heavy atom. The van der Waals surface area contributed by atoms with Crippen LogP contribution in [0.1, 0.15) is 23.2 Å². The molecule has 2 aromatic rings. The predicted molar refractivity (Wildman–Crippen MR) is 96.8 cm³/mol. The predicted octanol–water partition coefficient (Wildman–Crippen LogP) is 1.73. The Bertz CT molecular complexity index is 766. The standard InChI is InChI=1S/C20H25N3O2/c24-20-4-3-18-5-9-22(13-17-7-11-25-15-17)10-6-19(18)23(20)14-16-2-1-8-21-12-16/h1-4,8,12,17H,5-7,9-11,13-15H2/t17-/m0/s1. The molecule has 1 fully saturated rings. The van der Waals surface area contributed by atoms with E-state index in [0.717, 1.165) is 51.3 Å². The van der Waals surface area contributed by atoms with E-state index in [2.05, 4.69) is 9.88 Å². The highest BCUT2D eigenvalue weighted by molar-refractivity contribution is 5.25. The van der Waals surface area contributed by atoms with Crippen molar-refractivity contribution >= 4 is 0 Å². The van der Waals surface area contributed by atoms with Crippen molar-refractivity contribution in [3.8, 4) is 0 Å². The van der Waals surface area contributed by atoms with Gasteiger partial charge in [-0.2, -0.15) is 0 Å². The van der Waals surface area contributed by atoms with E-state index in [4.69, 9.17) is 4.74 Å². The van der Waals surface area contributed by atoms with Crippen LogP contribution in [0.15, 0.2) is 41.5 Å². The molecule has 2 aliphatic rings. The Balaban J connectivity index is 1.53. The smallest absolute Gasteiger partial charge is 0.251 e. The van der Waals surface area contributed by atoms with Crippen molar-refractivity contribution < 1.29 is 4.74 Å². The van der Waals surface area contributed by atoms with E-state index < -0.39 is 0 Å². The van der Waals surface area contributed by atoms with Crippen molar-refractivity contribution in [2.24, 2.45) is 5.92 Å². The second kappa shape index (κ2) is 7.50. The van der Waals surface area contributed by atoms with Crippen molar-refractivity contribution in [1.29, 1.82) is 0 Å². The normalized spacial score (nSPS) is 21.0. The minimum absolute atomic E-state index is 0.0836. The molecule has 0 aromatic carbocycles. The van der Waals surface area contributed by atoms with Gasteiger partial charge in [-0.25, -0.2) is 0 Å². The lowest BCUT2D eigenvalue weighted by Gasteiger charge is -2.22. The molecule has 0 saturated carbocycles. The summed E-state index contributed by atoms with van der Waals surface area (Å²) in [5.74, 6) is 0.666. The highest BCUT2D eigenvalue weighted by Gasteiger charge is 2.22. The lowest BCUT2D eigenvalue weighted by Crippen LogP contribution is -2.32.